The maximum absolute atomic E-state index is 14.7. The largest absolute Gasteiger partial charge is 0.483 e. The number of aryl methyl sites for hydroxylation is 2. The number of halogens is 1. The molecule has 0 radical (unpaired) electrons. The van der Waals surface area contributed by atoms with Gasteiger partial charge in [-0.1, -0.05) is 11.3 Å². The van der Waals surface area contributed by atoms with Crippen LogP contribution >= 0.6 is 22.7 Å². The quantitative estimate of drug-likeness (QED) is 0.431. The van der Waals surface area contributed by atoms with Crippen LogP contribution in [-0.2, 0) is 21.2 Å². The SMILES string of the molecule is Cc1nn2c3c(nc2s1)CCN(C(=O)COc1ccc(S(N)(=O)=O)cc1C)C3c1sccc1F. The van der Waals surface area contributed by atoms with Gasteiger partial charge >= 0.3 is 0 Å². The number of amides is 1. The number of carbonyl (C=O) groups excluding carboxylic acids is 1. The van der Waals surface area contributed by atoms with Gasteiger partial charge in [-0.2, -0.15) is 5.10 Å². The number of nitrogens with zero attached hydrogens (tertiary/aromatic N) is 4. The third-order valence-electron chi connectivity index (χ3n) is 5.62. The van der Waals surface area contributed by atoms with E-state index < -0.39 is 21.9 Å². The molecule has 1 amide bonds. The van der Waals surface area contributed by atoms with Gasteiger partial charge in [-0.15, -0.1) is 11.3 Å². The van der Waals surface area contributed by atoms with E-state index in [0.29, 0.717) is 39.8 Å². The molecule has 4 aromatic rings. The molecule has 9 nitrogen and oxygen atoms in total. The van der Waals surface area contributed by atoms with Gasteiger partial charge in [0.05, 0.1) is 21.2 Å². The van der Waals surface area contributed by atoms with Crippen molar-refractivity contribution in [3.63, 3.8) is 0 Å². The zero-order chi connectivity index (χ0) is 24.2. The van der Waals surface area contributed by atoms with Crippen molar-refractivity contribution in [2.45, 2.75) is 31.2 Å². The first-order valence-corrected chi connectivity index (χ1v) is 13.5. The lowest BCUT2D eigenvalue weighted by molar-refractivity contribution is -0.135. The Morgan fingerprint density at radius 1 is 1.32 bits per heavy atom. The molecule has 5 rings (SSSR count). The van der Waals surface area contributed by atoms with Crippen LogP contribution in [0.3, 0.4) is 0 Å². The summed E-state index contributed by atoms with van der Waals surface area (Å²) in [5.41, 5.74) is 2.02. The molecule has 0 fully saturated rings. The second-order valence-corrected chi connectivity index (χ2v) is 11.6. The van der Waals surface area contributed by atoms with Crippen LogP contribution in [-0.4, -0.2) is 47.0 Å². The van der Waals surface area contributed by atoms with Gasteiger partial charge in [0.15, 0.2) is 6.61 Å². The molecule has 3 aromatic heterocycles. The molecule has 1 aromatic carbocycles. The van der Waals surface area contributed by atoms with Gasteiger partial charge in [0.1, 0.15) is 22.6 Å². The third-order valence-corrected chi connectivity index (χ3v) is 8.29. The Balaban J connectivity index is 1.46. The second-order valence-electron chi connectivity index (χ2n) is 7.89. The number of carbonyl (C=O) groups is 1. The van der Waals surface area contributed by atoms with Crippen molar-refractivity contribution in [2.75, 3.05) is 13.2 Å². The Morgan fingerprint density at radius 3 is 2.79 bits per heavy atom. The van der Waals surface area contributed by atoms with E-state index in [1.54, 1.807) is 21.7 Å². The number of fused-ring (bicyclic) bond motifs is 3. The Kier molecular flexibility index (Phi) is 5.67. The summed E-state index contributed by atoms with van der Waals surface area (Å²) in [6, 6.07) is 4.88. The Labute approximate surface area is 202 Å². The van der Waals surface area contributed by atoms with Gasteiger partial charge in [0, 0.05) is 13.0 Å². The summed E-state index contributed by atoms with van der Waals surface area (Å²) in [4.78, 5) is 20.7. The lowest BCUT2D eigenvalue weighted by Crippen LogP contribution is -2.43. The van der Waals surface area contributed by atoms with Crippen LogP contribution < -0.4 is 9.88 Å². The minimum atomic E-state index is -3.84. The molecular formula is C21H20FN5O4S3. The van der Waals surface area contributed by atoms with E-state index in [9.17, 15) is 17.6 Å². The first-order valence-electron chi connectivity index (χ1n) is 10.3. The molecule has 1 atom stereocenters. The molecule has 34 heavy (non-hydrogen) atoms. The molecule has 1 unspecified atom stereocenters. The molecule has 0 spiro atoms. The van der Waals surface area contributed by atoms with Gasteiger partial charge in [0.2, 0.25) is 15.0 Å². The first kappa shape index (κ1) is 22.9. The van der Waals surface area contributed by atoms with Crippen LogP contribution in [0, 0.1) is 19.7 Å². The van der Waals surface area contributed by atoms with E-state index in [0.717, 1.165) is 10.7 Å². The smallest absolute Gasteiger partial charge is 0.261 e. The molecule has 1 aliphatic rings. The number of primary sulfonamides is 1. The maximum atomic E-state index is 14.7. The van der Waals surface area contributed by atoms with Crippen LogP contribution in [0.5, 0.6) is 5.75 Å². The van der Waals surface area contributed by atoms with Crippen molar-refractivity contribution in [3.8, 4) is 5.75 Å². The molecule has 178 valence electrons. The molecule has 0 bridgehead atoms. The second kappa shape index (κ2) is 8.41. The fourth-order valence-electron chi connectivity index (χ4n) is 4.08. The number of imidazole rings is 1. The highest BCUT2D eigenvalue weighted by Crippen LogP contribution is 2.39. The van der Waals surface area contributed by atoms with Crippen LogP contribution in [0.25, 0.3) is 4.96 Å². The summed E-state index contributed by atoms with van der Waals surface area (Å²) in [5, 5.41) is 12.2. The monoisotopic (exact) mass is 521 g/mol. The molecule has 0 saturated heterocycles. The summed E-state index contributed by atoms with van der Waals surface area (Å²) in [7, 11) is -3.84. The van der Waals surface area contributed by atoms with E-state index in [2.05, 4.69) is 10.1 Å². The highest BCUT2D eigenvalue weighted by molar-refractivity contribution is 7.89. The van der Waals surface area contributed by atoms with E-state index in [-0.39, 0.29) is 17.4 Å². The summed E-state index contributed by atoms with van der Waals surface area (Å²) in [5.74, 6) is -0.364. The van der Waals surface area contributed by atoms with E-state index in [1.165, 1.54) is 46.9 Å². The summed E-state index contributed by atoms with van der Waals surface area (Å²) >= 11 is 2.68. The summed E-state index contributed by atoms with van der Waals surface area (Å²) < 4.78 is 45.3. The number of ether oxygens (including phenoxy) is 1. The Hall–Kier alpha value is -2.87. The van der Waals surface area contributed by atoms with Crippen molar-refractivity contribution in [2.24, 2.45) is 5.14 Å². The van der Waals surface area contributed by atoms with Crippen LogP contribution in [0.4, 0.5) is 4.39 Å². The first-order chi connectivity index (χ1) is 16.1. The number of rotatable bonds is 5. The third kappa shape index (κ3) is 3.98. The minimum absolute atomic E-state index is 0.0382. The zero-order valence-electron chi connectivity index (χ0n) is 18.2. The van der Waals surface area contributed by atoms with Crippen LogP contribution in [0.15, 0.2) is 34.5 Å². The minimum Gasteiger partial charge on any atom is -0.483 e. The number of thiophene rings is 1. The zero-order valence-corrected chi connectivity index (χ0v) is 20.6. The lowest BCUT2D eigenvalue weighted by Gasteiger charge is -2.34. The maximum Gasteiger partial charge on any atom is 0.261 e. The van der Waals surface area contributed by atoms with E-state index in [4.69, 9.17) is 9.88 Å². The predicted octanol–water partition coefficient (Wildman–Crippen LogP) is 2.81. The van der Waals surface area contributed by atoms with Gasteiger partial charge < -0.3 is 9.64 Å². The van der Waals surface area contributed by atoms with E-state index in [1.807, 2.05) is 6.92 Å². The normalized spacial score (nSPS) is 16.1. The van der Waals surface area contributed by atoms with Gasteiger partial charge in [-0.25, -0.2) is 27.4 Å². The Morgan fingerprint density at radius 2 is 2.12 bits per heavy atom. The standard InChI is InChI=1S/C21H20FN5O4S3/c1-11-9-13(34(23,29)30)3-4-16(11)31-10-17(28)26-7-5-15-18(19(26)20-14(22)6-8-32-20)27-21(24-15)33-12(2)25-27/h3-4,6,8-9,19H,5,7,10H2,1-2H3,(H2,23,29,30). The lowest BCUT2D eigenvalue weighted by atomic mass is 10.0. The van der Waals surface area contributed by atoms with Crippen LogP contribution in [0.1, 0.15) is 32.9 Å². The molecule has 13 heteroatoms. The van der Waals surface area contributed by atoms with Crippen molar-refractivity contribution in [1.29, 1.82) is 0 Å². The molecule has 0 aliphatic carbocycles. The highest BCUT2D eigenvalue weighted by atomic mass is 32.2. The molecule has 4 heterocycles. The molecule has 2 N–H and O–H groups in total. The number of hydrogen-bond acceptors (Lipinski definition) is 8. The topological polar surface area (TPSA) is 120 Å². The van der Waals surface area contributed by atoms with Crippen molar-refractivity contribution >= 4 is 43.6 Å². The Bertz CT molecular complexity index is 1520. The van der Waals surface area contributed by atoms with E-state index >= 15 is 0 Å². The number of benzene rings is 1. The number of nitrogens with two attached hydrogens (primary N) is 1. The average Bonchev–Trinajstić information content (AvgIpc) is 3.44. The molecule has 0 saturated carbocycles. The fraction of sp³-hybridized carbons (Fsp3) is 0.286. The molecular weight excluding hydrogens is 501 g/mol. The van der Waals surface area contributed by atoms with Crippen molar-refractivity contribution in [1.82, 2.24) is 19.5 Å². The summed E-state index contributed by atoms with van der Waals surface area (Å²) in [6.45, 7) is 3.59. The number of aromatic nitrogens is 3. The predicted molar refractivity (Wildman–Crippen MR) is 125 cm³/mol. The summed E-state index contributed by atoms with van der Waals surface area (Å²) in [6.07, 6.45) is 0.516. The van der Waals surface area contributed by atoms with Gasteiger partial charge in [0.25, 0.3) is 5.91 Å². The number of hydrogen-bond donors (Lipinski definition) is 1. The van der Waals surface area contributed by atoms with Crippen molar-refractivity contribution < 1.29 is 22.3 Å². The average molecular weight is 522 g/mol. The van der Waals surface area contributed by atoms with Gasteiger partial charge in [-0.3, -0.25) is 4.79 Å². The fourth-order valence-corrected chi connectivity index (χ4v) is 6.33. The van der Waals surface area contributed by atoms with Crippen molar-refractivity contribution in [3.05, 3.63) is 62.3 Å². The highest BCUT2D eigenvalue weighted by Gasteiger charge is 2.38. The molecule has 1 aliphatic heterocycles. The van der Waals surface area contributed by atoms with Crippen LogP contribution in [0.2, 0.25) is 0 Å². The number of sulfonamides is 1. The van der Waals surface area contributed by atoms with Gasteiger partial charge in [-0.05, 0) is 49.1 Å².